The van der Waals surface area contributed by atoms with Crippen molar-refractivity contribution in [3.05, 3.63) is 53.6 Å². The van der Waals surface area contributed by atoms with Crippen molar-refractivity contribution in [1.82, 2.24) is 4.90 Å². The van der Waals surface area contributed by atoms with E-state index in [4.69, 9.17) is 14.6 Å². The first kappa shape index (κ1) is 22.1. The number of amides is 1. The molecule has 30 heavy (non-hydrogen) atoms. The van der Waals surface area contributed by atoms with Crippen LogP contribution in [0.4, 0.5) is 0 Å². The molecule has 1 aliphatic carbocycles. The number of ether oxygens (including phenoxy) is 2. The molecule has 1 unspecified atom stereocenters. The normalized spacial score (nSPS) is 15.6. The molecular weight excluding hydrogens is 404 g/mol. The van der Waals surface area contributed by atoms with Gasteiger partial charge in [-0.2, -0.15) is 0 Å². The van der Waals surface area contributed by atoms with Crippen molar-refractivity contribution in [2.75, 3.05) is 14.2 Å². The molecule has 0 bridgehead atoms. The molecule has 2 aromatic carbocycles. The van der Waals surface area contributed by atoms with Gasteiger partial charge < -0.3 is 14.4 Å². The van der Waals surface area contributed by atoms with Crippen LogP contribution in [0.1, 0.15) is 54.6 Å². The Morgan fingerprint density at radius 2 is 1.83 bits per heavy atom. The molecule has 1 aliphatic rings. The van der Waals surface area contributed by atoms with Gasteiger partial charge in [0.15, 0.2) is 11.5 Å². The number of methoxy groups -OCH3 is 1. The Hall–Kier alpha value is -2.58. The summed E-state index contributed by atoms with van der Waals surface area (Å²) in [6, 6.07) is 11.1. The summed E-state index contributed by atoms with van der Waals surface area (Å²) in [5, 5.41) is 5.22. The third-order valence-electron chi connectivity index (χ3n) is 5.58. The molecule has 2 N–H and O–H groups in total. The van der Waals surface area contributed by atoms with Gasteiger partial charge in [-0.05, 0) is 68.5 Å². The molecule has 0 heterocycles. The monoisotopic (exact) mass is 432 g/mol. The van der Waals surface area contributed by atoms with E-state index in [0.29, 0.717) is 22.6 Å². The topological polar surface area (TPSA) is 98.9 Å². The summed E-state index contributed by atoms with van der Waals surface area (Å²) in [4.78, 5) is 14.6. The lowest BCUT2D eigenvalue weighted by Crippen LogP contribution is -2.30. The summed E-state index contributed by atoms with van der Waals surface area (Å²) in [6.07, 6.45) is 4.58. The molecule has 2 aromatic rings. The number of rotatable bonds is 7. The fourth-order valence-electron chi connectivity index (χ4n) is 3.64. The number of carbonyl (C=O) groups excluding carboxylic acids is 1. The zero-order valence-corrected chi connectivity index (χ0v) is 18.3. The van der Waals surface area contributed by atoms with Gasteiger partial charge in [0.05, 0.1) is 24.2 Å². The SMILES string of the molecule is COc1cc(C(=O)N(C)C(C)c2cccc(S(N)(=O)=O)c2)ccc1OC1CCCC1. The molecule has 7 nitrogen and oxygen atoms in total. The van der Waals surface area contributed by atoms with E-state index in [0.717, 1.165) is 12.8 Å². The summed E-state index contributed by atoms with van der Waals surface area (Å²) in [5.74, 6) is 0.941. The van der Waals surface area contributed by atoms with Gasteiger partial charge in [-0.1, -0.05) is 12.1 Å². The molecule has 0 saturated heterocycles. The number of nitrogens with zero attached hydrogens (tertiary/aromatic N) is 1. The van der Waals surface area contributed by atoms with Crippen LogP contribution in [0.25, 0.3) is 0 Å². The molecule has 3 rings (SSSR count). The Labute approximate surface area is 177 Å². The van der Waals surface area contributed by atoms with Gasteiger partial charge in [0.1, 0.15) is 0 Å². The number of carbonyl (C=O) groups is 1. The molecular formula is C22H28N2O5S. The molecule has 8 heteroatoms. The van der Waals surface area contributed by atoms with E-state index in [1.165, 1.54) is 25.0 Å². The first-order chi connectivity index (χ1) is 14.2. The van der Waals surface area contributed by atoms with Crippen molar-refractivity contribution in [2.24, 2.45) is 5.14 Å². The summed E-state index contributed by atoms with van der Waals surface area (Å²) in [5.41, 5.74) is 1.13. The van der Waals surface area contributed by atoms with Gasteiger partial charge in [-0.3, -0.25) is 4.79 Å². The smallest absolute Gasteiger partial charge is 0.254 e. The maximum Gasteiger partial charge on any atom is 0.254 e. The first-order valence-corrected chi connectivity index (χ1v) is 11.5. The predicted molar refractivity (Wildman–Crippen MR) is 114 cm³/mol. The first-order valence-electron chi connectivity index (χ1n) is 9.95. The van der Waals surface area contributed by atoms with Gasteiger partial charge in [-0.25, -0.2) is 13.6 Å². The summed E-state index contributed by atoms with van der Waals surface area (Å²) in [6.45, 7) is 1.83. The van der Waals surface area contributed by atoms with Gasteiger partial charge in [0.25, 0.3) is 5.91 Å². The maximum atomic E-state index is 13.1. The molecule has 0 spiro atoms. The van der Waals surface area contributed by atoms with E-state index < -0.39 is 10.0 Å². The highest BCUT2D eigenvalue weighted by Gasteiger charge is 2.23. The van der Waals surface area contributed by atoms with Crippen LogP contribution in [0.3, 0.4) is 0 Å². The lowest BCUT2D eigenvalue weighted by Gasteiger charge is -2.26. The van der Waals surface area contributed by atoms with Crippen LogP contribution < -0.4 is 14.6 Å². The number of sulfonamides is 1. The van der Waals surface area contributed by atoms with Crippen LogP contribution >= 0.6 is 0 Å². The van der Waals surface area contributed by atoms with Crippen molar-refractivity contribution in [3.63, 3.8) is 0 Å². The highest BCUT2D eigenvalue weighted by atomic mass is 32.2. The van der Waals surface area contributed by atoms with Crippen LogP contribution in [0, 0.1) is 0 Å². The second-order valence-corrected chi connectivity index (χ2v) is 9.16. The largest absolute Gasteiger partial charge is 0.493 e. The predicted octanol–water partition coefficient (Wildman–Crippen LogP) is 3.50. The van der Waals surface area contributed by atoms with E-state index in [-0.39, 0.29) is 22.9 Å². The molecule has 0 aliphatic heterocycles. The van der Waals surface area contributed by atoms with Gasteiger partial charge in [-0.15, -0.1) is 0 Å². The van der Waals surface area contributed by atoms with Crippen molar-refractivity contribution in [1.29, 1.82) is 0 Å². The van der Waals surface area contributed by atoms with Crippen LogP contribution in [0.15, 0.2) is 47.4 Å². The van der Waals surface area contributed by atoms with Crippen LogP contribution in [0.2, 0.25) is 0 Å². The number of primary sulfonamides is 1. The number of benzene rings is 2. The van der Waals surface area contributed by atoms with Crippen molar-refractivity contribution >= 4 is 15.9 Å². The van der Waals surface area contributed by atoms with Gasteiger partial charge in [0.2, 0.25) is 10.0 Å². The fraction of sp³-hybridized carbons (Fsp3) is 0.409. The highest BCUT2D eigenvalue weighted by Crippen LogP contribution is 2.33. The van der Waals surface area contributed by atoms with E-state index >= 15 is 0 Å². The average Bonchev–Trinajstić information content (AvgIpc) is 3.25. The molecule has 0 aromatic heterocycles. The minimum absolute atomic E-state index is 0.0165. The number of hydrogen-bond donors (Lipinski definition) is 1. The quantitative estimate of drug-likeness (QED) is 0.722. The fourth-order valence-corrected chi connectivity index (χ4v) is 4.21. The highest BCUT2D eigenvalue weighted by molar-refractivity contribution is 7.89. The van der Waals surface area contributed by atoms with E-state index in [2.05, 4.69) is 0 Å². The average molecular weight is 433 g/mol. The zero-order valence-electron chi connectivity index (χ0n) is 17.5. The minimum atomic E-state index is -3.81. The Balaban J connectivity index is 1.79. The van der Waals surface area contributed by atoms with Gasteiger partial charge >= 0.3 is 0 Å². The summed E-state index contributed by atoms with van der Waals surface area (Å²) in [7, 11) is -0.590. The summed E-state index contributed by atoms with van der Waals surface area (Å²) < 4.78 is 34.7. The van der Waals surface area contributed by atoms with Crippen molar-refractivity contribution < 1.29 is 22.7 Å². The molecule has 0 radical (unpaired) electrons. The molecule has 1 amide bonds. The Morgan fingerprint density at radius 3 is 2.47 bits per heavy atom. The molecule has 1 saturated carbocycles. The minimum Gasteiger partial charge on any atom is -0.493 e. The summed E-state index contributed by atoms with van der Waals surface area (Å²) >= 11 is 0. The molecule has 1 atom stereocenters. The Morgan fingerprint density at radius 1 is 1.13 bits per heavy atom. The lowest BCUT2D eigenvalue weighted by molar-refractivity contribution is 0.0742. The standard InChI is InChI=1S/C22H28N2O5S/c1-15(16-7-6-10-19(13-16)30(23,26)27)24(2)22(25)17-11-12-20(21(14-17)28-3)29-18-8-4-5-9-18/h6-7,10-15,18H,4-5,8-9H2,1-3H3,(H2,23,26,27). The third-order valence-corrected chi connectivity index (χ3v) is 6.49. The maximum absolute atomic E-state index is 13.1. The number of hydrogen-bond acceptors (Lipinski definition) is 5. The Kier molecular flexibility index (Phi) is 6.67. The van der Waals surface area contributed by atoms with Crippen LogP contribution in [-0.4, -0.2) is 39.5 Å². The van der Waals surface area contributed by atoms with Gasteiger partial charge in [0, 0.05) is 12.6 Å². The number of nitrogens with two attached hydrogens (primary N) is 1. The van der Waals surface area contributed by atoms with E-state index in [9.17, 15) is 13.2 Å². The van der Waals surface area contributed by atoms with Crippen LogP contribution in [-0.2, 0) is 10.0 Å². The lowest BCUT2D eigenvalue weighted by atomic mass is 10.1. The Bertz CT molecular complexity index is 1020. The molecule has 162 valence electrons. The van der Waals surface area contributed by atoms with Crippen molar-refractivity contribution in [2.45, 2.75) is 49.6 Å². The van der Waals surface area contributed by atoms with E-state index in [1.807, 2.05) is 6.92 Å². The van der Waals surface area contributed by atoms with Crippen LogP contribution in [0.5, 0.6) is 11.5 Å². The van der Waals surface area contributed by atoms with Crippen molar-refractivity contribution in [3.8, 4) is 11.5 Å². The second kappa shape index (κ2) is 9.06. The third kappa shape index (κ3) is 4.94. The second-order valence-electron chi connectivity index (χ2n) is 7.60. The van der Waals surface area contributed by atoms with E-state index in [1.54, 1.807) is 49.4 Å². The molecule has 1 fully saturated rings. The zero-order chi connectivity index (χ0) is 21.9.